The molecule has 0 aliphatic rings. The highest BCUT2D eigenvalue weighted by Gasteiger charge is 2.20. The van der Waals surface area contributed by atoms with E-state index in [1.165, 1.54) is 31.7 Å². The van der Waals surface area contributed by atoms with Crippen LogP contribution in [-0.2, 0) is 0 Å². The van der Waals surface area contributed by atoms with Crippen molar-refractivity contribution in [3.63, 3.8) is 0 Å². The molecule has 1 radical (unpaired) electrons. The van der Waals surface area contributed by atoms with Crippen molar-refractivity contribution in [2.24, 2.45) is 5.92 Å². The second-order valence-electron chi connectivity index (χ2n) is 4.38. The van der Waals surface area contributed by atoms with Gasteiger partial charge in [-0.1, -0.05) is 52.6 Å². The predicted octanol–water partition coefficient (Wildman–Crippen LogP) is 4.61. The Balaban J connectivity index is 3.67. The van der Waals surface area contributed by atoms with E-state index >= 15 is 0 Å². The van der Waals surface area contributed by atoms with Crippen molar-refractivity contribution >= 4 is 19.3 Å². The molecule has 1 atom stereocenters. The molecule has 0 rings (SSSR count). The standard InChI is InChI=1S/C10H23SSi/c1-5-7-8-10(6-2)9-12(3,4)11/h10H,5-9H2,1-4H3. The molecule has 73 valence electrons. The lowest BCUT2D eigenvalue weighted by Gasteiger charge is -2.21. The van der Waals surface area contributed by atoms with Crippen LogP contribution in [0.3, 0.4) is 0 Å². The summed E-state index contributed by atoms with van der Waals surface area (Å²) < 4.78 is 0. The molecule has 0 fully saturated rings. The predicted molar refractivity (Wildman–Crippen MR) is 63.2 cm³/mol. The third kappa shape index (κ3) is 7.23. The largest absolute Gasteiger partial charge is 0.128 e. The second kappa shape index (κ2) is 6.09. The van der Waals surface area contributed by atoms with E-state index < -0.39 is 7.22 Å². The van der Waals surface area contributed by atoms with E-state index in [0.717, 1.165) is 5.92 Å². The van der Waals surface area contributed by atoms with Crippen LogP contribution >= 0.6 is 12.1 Å². The molecule has 0 N–H and O–H groups in total. The van der Waals surface area contributed by atoms with E-state index in [-0.39, 0.29) is 0 Å². The minimum atomic E-state index is -1.21. The van der Waals surface area contributed by atoms with Gasteiger partial charge in [0.05, 0.1) is 0 Å². The maximum Gasteiger partial charge on any atom is 0.124 e. The first-order valence-corrected chi connectivity index (χ1v) is 9.54. The second-order valence-corrected chi connectivity index (χ2v) is 11.6. The Morgan fingerprint density at radius 1 is 1.25 bits per heavy atom. The fraction of sp³-hybridized carbons (Fsp3) is 1.00. The molecule has 0 spiro atoms. The van der Waals surface area contributed by atoms with Crippen LogP contribution in [0.2, 0.25) is 19.1 Å². The highest BCUT2D eigenvalue weighted by Crippen LogP contribution is 2.26. The molecule has 1 unspecified atom stereocenters. The van der Waals surface area contributed by atoms with Crippen molar-refractivity contribution in [3.05, 3.63) is 0 Å². The van der Waals surface area contributed by atoms with Crippen LogP contribution in [0.4, 0.5) is 0 Å². The molecule has 0 aromatic rings. The molecule has 0 heterocycles. The first-order chi connectivity index (χ1) is 5.49. The fourth-order valence-electron chi connectivity index (χ4n) is 1.64. The summed E-state index contributed by atoms with van der Waals surface area (Å²) in [6, 6.07) is 1.35. The van der Waals surface area contributed by atoms with E-state index in [1.807, 2.05) is 0 Å². The molecule has 0 nitrogen and oxygen atoms in total. The number of hydrogen-bond acceptors (Lipinski definition) is 0. The van der Waals surface area contributed by atoms with Gasteiger partial charge in [-0.05, 0) is 12.0 Å². The molecule has 0 aliphatic heterocycles. The number of unbranched alkanes of at least 4 members (excludes halogenated alkanes) is 1. The summed E-state index contributed by atoms with van der Waals surface area (Å²) in [5.74, 6) is 0.920. The smallest absolute Gasteiger partial charge is 0.124 e. The molecule has 0 saturated heterocycles. The highest BCUT2D eigenvalue weighted by molar-refractivity contribution is 8.14. The van der Waals surface area contributed by atoms with Crippen LogP contribution in [0.1, 0.15) is 39.5 Å². The summed E-state index contributed by atoms with van der Waals surface area (Å²) in [7, 11) is -1.21. The number of hydrogen-bond donors (Lipinski definition) is 0. The maximum absolute atomic E-state index is 5.52. The molecule has 2 heteroatoms. The lowest BCUT2D eigenvalue weighted by atomic mass is 10.0. The van der Waals surface area contributed by atoms with Gasteiger partial charge in [0.2, 0.25) is 0 Å². The van der Waals surface area contributed by atoms with Gasteiger partial charge < -0.3 is 0 Å². The van der Waals surface area contributed by atoms with Crippen LogP contribution in [0, 0.1) is 5.92 Å². The van der Waals surface area contributed by atoms with Gasteiger partial charge in [0, 0.05) is 0 Å². The summed E-state index contributed by atoms with van der Waals surface area (Å²) in [4.78, 5) is 0. The summed E-state index contributed by atoms with van der Waals surface area (Å²) >= 11 is 5.52. The molecule has 0 aromatic carbocycles. The molecule has 0 amide bonds. The lowest BCUT2D eigenvalue weighted by molar-refractivity contribution is 0.488. The molecule has 0 bridgehead atoms. The summed E-state index contributed by atoms with van der Waals surface area (Å²) in [6.07, 6.45) is 5.45. The molecule has 0 aromatic heterocycles. The SMILES string of the molecule is CCCCC(CC)C[Si](C)(C)[S]. The van der Waals surface area contributed by atoms with Crippen molar-refractivity contribution in [1.29, 1.82) is 0 Å². The van der Waals surface area contributed by atoms with Crippen LogP contribution in [0.15, 0.2) is 0 Å². The monoisotopic (exact) mass is 203 g/mol. The van der Waals surface area contributed by atoms with Gasteiger partial charge >= 0.3 is 0 Å². The third-order valence-electron chi connectivity index (χ3n) is 2.32. The first kappa shape index (κ1) is 12.6. The van der Waals surface area contributed by atoms with Crippen LogP contribution in [0.25, 0.3) is 0 Å². The lowest BCUT2D eigenvalue weighted by Crippen LogP contribution is -2.21. The van der Waals surface area contributed by atoms with Gasteiger partial charge in [0.1, 0.15) is 7.22 Å². The highest BCUT2D eigenvalue weighted by atomic mass is 32.3. The van der Waals surface area contributed by atoms with Crippen LogP contribution < -0.4 is 0 Å². The molecular weight excluding hydrogens is 180 g/mol. The average Bonchev–Trinajstić information content (AvgIpc) is 1.95. The van der Waals surface area contributed by atoms with E-state index in [1.54, 1.807) is 0 Å². The summed E-state index contributed by atoms with van der Waals surface area (Å²) in [5, 5.41) is 0. The normalized spacial score (nSPS) is 14.8. The zero-order valence-corrected chi connectivity index (χ0v) is 10.8. The van der Waals surface area contributed by atoms with E-state index in [9.17, 15) is 0 Å². The first-order valence-electron chi connectivity index (χ1n) is 5.20. The maximum atomic E-state index is 5.52. The Morgan fingerprint density at radius 2 is 1.83 bits per heavy atom. The van der Waals surface area contributed by atoms with Crippen LogP contribution in [0.5, 0.6) is 0 Å². The van der Waals surface area contributed by atoms with E-state index in [4.69, 9.17) is 12.1 Å². The van der Waals surface area contributed by atoms with Gasteiger partial charge in [-0.3, -0.25) is 0 Å². The Labute approximate surface area is 84.2 Å². The number of rotatable bonds is 6. The topological polar surface area (TPSA) is 0 Å². The Morgan fingerprint density at radius 3 is 2.17 bits per heavy atom. The van der Waals surface area contributed by atoms with Crippen molar-refractivity contribution in [2.75, 3.05) is 0 Å². The fourth-order valence-corrected chi connectivity index (χ4v) is 4.23. The van der Waals surface area contributed by atoms with Crippen LogP contribution in [-0.4, -0.2) is 7.22 Å². The van der Waals surface area contributed by atoms with Gasteiger partial charge in [-0.2, -0.15) is 0 Å². The zero-order valence-electron chi connectivity index (χ0n) is 9.02. The Hall–Kier alpha value is 0.567. The van der Waals surface area contributed by atoms with Crippen molar-refractivity contribution < 1.29 is 0 Å². The van der Waals surface area contributed by atoms with Gasteiger partial charge in [0.15, 0.2) is 0 Å². The zero-order chi connectivity index (χ0) is 9.61. The van der Waals surface area contributed by atoms with Crippen molar-refractivity contribution in [2.45, 2.75) is 58.7 Å². The van der Waals surface area contributed by atoms with E-state index in [0.29, 0.717) is 0 Å². The average molecular weight is 203 g/mol. The van der Waals surface area contributed by atoms with Crippen molar-refractivity contribution in [1.82, 2.24) is 0 Å². The Bertz CT molecular complexity index is 107. The minimum absolute atomic E-state index is 0.920. The van der Waals surface area contributed by atoms with Gasteiger partial charge in [-0.25, -0.2) is 0 Å². The molecule has 0 aliphatic carbocycles. The minimum Gasteiger partial charge on any atom is -0.128 e. The summed E-state index contributed by atoms with van der Waals surface area (Å²) in [5.41, 5.74) is 0. The van der Waals surface area contributed by atoms with E-state index in [2.05, 4.69) is 26.9 Å². The van der Waals surface area contributed by atoms with Gasteiger partial charge in [-0.15, -0.1) is 12.1 Å². The molecular formula is C10H23SSi. The third-order valence-corrected chi connectivity index (χ3v) is 4.38. The van der Waals surface area contributed by atoms with Gasteiger partial charge in [0.25, 0.3) is 0 Å². The Kier molecular flexibility index (Phi) is 6.37. The molecule has 0 saturated carbocycles. The quantitative estimate of drug-likeness (QED) is 0.553. The summed E-state index contributed by atoms with van der Waals surface area (Å²) in [6.45, 7) is 9.17. The van der Waals surface area contributed by atoms with Crippen molar-refractivity contribution in [3.8, 4) is 0 Å². The molecule has 12 heavy (non-hydrogen) atoms.